The van der Waals surface area contributed by atoms with E-state index in [1.54, 1.807) is 19.2 Å². The maximum absolute atomic E-state index is 14.7. The molecule has 3 aromatic carbocycles. The Morgan fingerprint density at radius 1 is 0.939 bits per heavy atom. The molecular weight excluding hydrogens is 439 g/mol. The molecule has 33 heavy (non-hydrogen) atoms. The summed E-state index contributed by atoms with van der Waals surface area (Å²) in [6.07, 6.45) is 0.248. The Balaban J connectivity index is 1.42. The van der Waals surface area contributed by atoms with E-state index in [1.807, 2.05) is 49.4 Å². The van der Waals surface area contributed by atoms with Crippen molar-refractivity contribution in [2.75, 3.05) is 44.7 Å². The molecule has 1 aliphatic heterocycles. The summed E-state index contributed by atoms with van der Waals surface area (Å²) in [6.45, 7) is 6.47. The molecule has 0 N–H and O–H groups in total. The van der Waals surface area contributed by atoms with E-state index in [0.29, 0.717) is 22.8 Å². The number of halogens is 2. The van der Waals surface area contributed by atoms with Crippen molar-refractivity contribution in [2.24, 2.45) is 0 Å². The van der Waals surface area contributed by atoms with Crippen LogP contribution in [0.5, 0.6) is 11.5 Å². The van der Waals surface area contributed by atoms with E-state index < -0.39 is 6.10 Å². The fourth-order valence-corrected chi connectivity index (χ4v) is 4.43. The normalized spacial score (nSPS) is 15.3. The molecule has 0 bridgehead atoms. The summed E-state index contributed by atoms with van der Waals surface area (Å²) in [4.78, 5) is 4.76. The van der Waals surface area contributed by atoms with Crippen molar-refractivity contribution in [3.05, 3.63) is 88.7 Å². The lowest BCUT2D eigenvalue weighted by Gasteiger charge is -2.37. The summed E-state index contributed by atoms with van der Waals surface area (Å²) in [7, 11) is 1.71. The Kier molecular flexibility index (Phi) is 7.73. The van der Waals surface area contributed by atoms with Gasteiger partial charge in [0.25, 0.3) is 0 Å². The van der Waals surface area contributed by atoms with E-state index in [9.17, 15) is 4.39 Å². The van der Waals surface area contributed by atoms with Gasteiger partial charge >= 0.3 is 0 Å². The van der Waals surface area contributed by atoms with Gasteiger partial charge in [0.1, 0.15) is 23.4 Å². The van der Waals surface area contributed by atoms with Crippen molar-refractivity contribution in [2.45, 2.75) is 19.4 Å². The predicted octanol–water partition coefficient (Wildman–Crippen LogP) is 6.13. The first-order valence-corrected chi connectivity index (χ1v) is 11.7. The van der Waals surface area contributed by atoms with Gasteiger partial charge in [-0.25, -0.2) is 4.39 Å². The average Bonchev–Trinajstić information content (AvgIpc) is 2.84. The third-order valence-corrected chi connectivity index (χ3v) is 6.43. The van der Waals surface area contributed by atoms with Gasteiger partial charge in [-0.15, -0.1) is 0 Å². The second kappa shape index (κ2) is 10.9. The van der Waals surface area contributed by atoms with Crippen molar-refractivity contribution in [1.29, 1.82) is 0 Å². The fourth-order valence-electron chi connectivity index (χ4n) is 4.27. The highest BCUT2D eigenvalue weighted by molar-refractivity contribution is 6.32. The molecule has 0 spiro atoms. The molecule has 0 aromatic heterocycles. The topological polar surface area (TPSA) is 24.9 Å². The summed E-state index contributed by atoms with van der Waals surface area (Å²) >= 11 is 6.37. The largest absolute Gasteiger partial charge is 0.495 e. The minimum absolute atomic E-state index is 0.257. The quantitative estimate of drug-likeness (QED) is 0.397. The van der Waals surface area contributed by atoms with Crippen LogP contribution in [-0.4, -0.2) is 44.7 Å². The smallest absolute Gasteiger partial charge is 0.142 e. The summed E-state index contributed by atoms with van der Waals surface area (Å²) < 4.78 is 26.5. The van der Waals surface area contributed by atoms with Crippen molar-refractivity contribution in [3.63, 3.8) is 0 Å². The summed E-state index contributed by atoms with van der Waals surface area (Å²) in [5.41, 5.74) is 2.73. The van der Waals surface area contributed by atoms with E-state index >= 15 is 0 Å². The van der Waals surface area contributed by atoms with Crippen LogP contribution in [0.25, 0.3) is 0 Å². The van der Waals surface area contributed by atoms with Gasteiger partial charge in [0.05, 0.1) is 17.8 Å². The lowest BCUT2D eigenvalue weighted by molar-refractivity contribution is 0.157. The third-order valence-electron chi connectivity index (χ3n) is 6.11. The van der Waals surface area contributed by atoms with Gasteiger partial charge in [-0.1, -0.05) is 48.0 Å². The molecule has 3 aromatic rings. The Hall–Kier alpha value is -2.76. The molecule has 1 heterocycles. The first kappa shape index (κ1) is 23.4. The lowest BCUT2D eigenvalue weighted by atomic mass is 10.0. The van der Waals surface area contributed by atoms with Crippen LogP contribution in [0.4, 0.5) is 10.1 Å². The fraction of sp³-hybridized carbons (Fsp3) is 0.333. The maximum atomic E-state index is 14.7. The summed E-state index contributed by atoms with van der Waals surface area (Å²) in [5.74, 6) is 1.23. The molecule has 0 amide bonds. The van der Waals surface area contributed by atoms with Crippen LogP contribution in [0.15, 0.2) is 66.7 Å². The monoisotopic (exact) mass is 468 g/mol. The maximum Gasteiger partial charge on any atom is 0.142 e. The van der Waals surface area contributed by atoms with Gasteiger partial charge in [-0.2, -0.15) is 0 Å². The third kappa shape index (κ3) is 5.79. The second-order valence-electron chi connectivity index (χ2n) is 8.35. The number of ether oxygens (including phenoxy) is 2. The number of rotatable bonds is 8. The first-order chi connectivity index (χ1) is 16.0. The van der Waals surface area contributed by atoms with Crippen molar-refractivity contribution in [1.82, 2.24) is 4.90 Å². The van der Waals surface area contributed by atoms with E-state index in [4.69, 9.17) is 21.1 Å². The SMILES string of the molecule is COc1ccccc1N1CCN(CC[C@H](Oc2cc(C)ccc2Cl)c2ccccc2F)CC1. The average molecular weight is 469 g/mol. The van der Waals surface area contributed by atoms with Gasteiger partial charge in [-0.05, 0) is 42.8 Å². The number of methoxy groups -OCH3 is 1. The van der Waals surface area contributed by atoms with Crippen LogP contribution in [0.1, 0.15) is 23.7 Å². The minimum Gasteiger partial charge on any atom is -0.495 e. The number of piperazine rings is 1. The predicted molar refractivity (Wildman–Crippen MR) is 132 cm³/mol. The van der Waals surface area contributed by atoms with Gasteiger partial charge in [0.15, 0.2) is 0 Å². The Morgan fingerprint density at radius 2 is 1.67 bits per heavy atom. The molecule has 0 saturated carbocycles. The Morgan fingerprint density at radius 3 is 2.42 bits per heavy atom. The van der Waals surface area contributed by atoms with Gasteiger partial charge in [0.2, 0.25) is 0 Å². The molecule has 4 nitrogen and oxygen atoms in total. The van der Waals surface area contributed by atoms with Crippen molar-refractivity contribution >= 4 is 17.3 Å². The van der Waals surface area contributed by atoms with Crippen molar-refractivity contribution < 1.29 is 13.9 Å². The van der Waals surface area contributed by atoms with E-state index in [-0.39, 0.29) is 5.82 Å². The Bertz CT molecular complexity index is 1070. The Labute approximate surface area is 200 Å². The first-order valence-electron chi connectivity index (χ1n) is 11.3. The van der Waals surface area contributed by atoms with Gasteiger partial charge in [0, 0.05) is 44.7 Å². The molecule has 0 aliphatic carbocycles. The minimum atomic E-state index is -0.419. The molecule has 4 rings (SSSR count). The molecule has 0 unspecified atom stereocenters. The van der Waals surface area contributed by atoms with E-state index in [0.717, 1.165) is 49.7 Å². The number of hydrogen-bond acceptors (Lipinski definition) is 4. The number of aryl methyl sites for hydroxylation is 1. The number of benzene rings is 3. The summed E-state index contributed by atoms with van der Waals surface area (Å²) in [6, 6.07) is 20.6. The number of anilines is 1. The highest BCUT2D eigenvalue weighted by atomic mass is 35.5. The lowest BCUT2D eigenvalue weighted by Crippen LogP contribution is -2.47. The molecule has 6 heteroatoms. The number of hydrogen-bond donors (Lipinski definition) is 0. The van der Waals surface area contributed by atoms with Crippen LogP contribution in [0, 0.1) is 12.7 Å². The van der Waals surface area contributed by atoms with E-state index in [1.165, 1.54) is 6.07 Å². The molecule has 174 valence electrons. The van der Waals surface area contributed by atoms with Crippen LogP contribution in [0.3, 0.4) is 0 Å². The van der Waals surface area contributed by atoms with Gasteiger partial charge < -0.3 is 14.4 Å². The summed E-state index contributed by atoms with van der Waals surface area (Å²) in [5, 5.41) is 0.535. The van der Waals surface area contributed by atoms with Crippen LogP contribution >= 0.6 is 11.6 Å². The molecule has 0 radical (unpaired) electrons. The molecular formula is C27H30ClFN2O2. The van der Waals surface area contributed by atoms with E-state index in [2.05, 4.69) is 15.9 Å². The number of nitrogens with zero attached hydrogens (tertiary/aromatic N) is 2. The van der Waals surface area contributed by atoms with Crippen molar-refractivity contribution in [3.8, 4) is 11.5 Å². The van der Waals surface area contributed by atoms with Crippen LogP contribution in [-0.2, 0) is 0 Å². The molecule has 1 fully saturated rings. The van der Waals surface area contributed by atoms with Crippen LogP contribution in [0.2, 0.25) is 5.02 Å². The number of para-hydroxylation sites is 2. The molecule has 1 aliphatic rings. The zero-order valence-electron chi connectivity index (χ0n) is 19.1. The molecule has 1 saturated heterocycles. The molecule has 1 atom stereocenters. The highest BCUT2D eigenvalue weighted by Crippen LogP contribution is 2.33. The van der Waals surface area contributed by atoms with Crippen LogP contribution < -0.4 is 14.4 Å². The highest BCUT2D eigenvalue weighted by Gasteiger charge is 2.23. The second-order valence-corrected chi connectivity index (χ2v) is 8.76. The zero-order valence-corrected chi connectivity index (χ0v) is 19.9. The zero-order chi connectivity index (χ0) is 23.2. The van der Waals surface area contributed by atoms with Gasteiger partial charge in [-0.3, -0.25) is 4.90 Å². The standard InChI is InChI=1S/C27H30ClFN2O2/c1-20-11-12-22(28)27(19-20)33-25(21-7-3-4-8-23(21)29)13-14-30-15-17-31(18-16-30)24-9-5-6-10-26(24)32-2/h3-12,19,25H,13-18H2,1-2H3/t25-/m0/s1.